The van der Waals surface area contributed by atoms with E-state index < -0.39 is 0 Å². The molecule has 3 heterocycles. The Morgan fingerprint density at radius 3 is 2.96 bits per heavy atom. The number of anilines is 1. The molecule has 140 valence electrons. The van der Waals surface area contributed by atoms with Crippen LogP contribution < -0.4 is 16.0 Å². The van der Waals surface area contributed by atoms with Crippen LogP contribution in [0.25, 0.3) is 0 Å². The number of hydrogen-bond acceptors (Lipinski definition) is 6. The highest BCUT2D eigenvalue weighted by molar-refractivity contribution is 7.09. The molecule has 1 aliphatic rings. The van der Waals surface area contributed by atoms with Crippen molar-refractivity contribution in [2.24, 2.45) is 12.8 Å². The van der Waals surface area contributed by atoms with Crippen molar-refractivity contribution in [1.82, 2.24) is 20.1 Å². The Balaban J connectivity index is 0.00000156. The van der Waals surface area contributed by atoms with Gasteiger partial charge in [0.25, 0.3) is 5.91 Å². The van der Waals surface area contributed by atoms with Crippen LogP contribution in [-0.2, 0) is 13.5 Å². The van der Waals surface area contributed by atoms with Crippen LogP contribution in [0.3, 0.4) is 0 Å². The Labute approximate surface area is 163 Å². The van der Waals surface area contributed by atoms with Gasteiger partial charge in [0.1, 0.15) is 5.69 Å². The Kier molecular flexibility index (Phi) is 8.64. The van der Waals surface area contributed by atoms with Crippen LogP contribution >= 0.6 is 36.2 Å². The molecule has 25 heavy (non-hydrogen) atoms. The van der Waals surface area contributed by atoms with Crippen molar-refractivity contribution >= 4 is 47.7 Å². The number of nitrogens with two attached hydrogens (primary N) is 1. The van der Waals surface area contributed by atoms with Crippen LogP contribution in [-0.4, -0.2) is 46.3 Å². The Hall–Kier alpha value is -1.35. The summed E-state index contributed by atoms with van der Waals surface area (Å²) in [6.07, 6.45) is 6.63. The number of thiazole rings is 1. The second-order valence-electron chi connectivity index (χ2n) is 5.80. The lowest BCUT2D eigenvalue weighted by Crippen LogP contribution is -2.47. The fourth-order valence-corrected chi connectivity index (χ4v) is 3.61. The molecule has 3 rings (SSSR count). The van der Waals surface area contributed by atoms with E-state index in [1.165, 1.54) is 11.3 Å². The molecule has 0 radical (unpaired) electrons. The van der Waals surface area contributed by atoms with Crippen LogP contribution in [0.1, 0.15) is 28.3 Å². The van der Waals surface area contributed by atoms with Gasteiger partial charge in [0.2, 0.25) is 0 Å². The number of aryl methyl sites for hydroxylation is 1. The molecule has 1 saturated heterocycles. The number of carbonyl (C=O) groups excluding carboxylic acids is 1. The van der Waals surface area contributed by atoms with Gasteiger partial charge in [-0.05, 0) is 19.4 Å². The molecular weight excluding hydrogens is 383 g/mol. The van der Waals surface area contributed by atoms with E-state index in [9.17, 15) is 4.79 Å². The molecule has 0 spiro atoms. The molecule has 0 aromatic carbocycles. The zero-order chi connectivity index (χ0) is 16.2. The van der Waals surface area contributed by atoms with Crippen molar-refractivity contribution in [3.8, 4) is 0 Å². The summed E-state index contributed by atoms with van der Waals surface area (Å²) in [5.41, 5.74) is 7.12. The van der Waals surface area contributed by atoms with Crippen molar-refractivity contribution in [3.05, 3.63) is 28.5 Å². The maximum atomic E-state index is 12.3. The smallest absolute Gasteiger partial charge is 0.271 e. The molecule has 1 unspecified atom stereocenters. The average Bonchev–Trinajstić information content (AvgIpc) is 3.17. The van der Waals surface area contributed by atoms with Crippen molar-refractivity contribution in [2.45, 2.75) is 25.3 Å². The minimum Gasteiger partial charge on any atom is -0.367 e. The van der Waals surface area contributed by atoms with Gasteiger partial charge in [0, 0.05) is 44.2 Å². The van der Waals surface area contributed by atoms with E-state index in [0.29, 0.717) is 12.2 Å². The Morgan fingerprint density at radius 1 is 1.48 bits per heavy atom. The highest BCUT2D eigenvalue weighted by Gasteiger charge is 2.23. The molecule has 10 heteroatoms. The maximum absolute atomic E-state index is 12.3. The van der Waals surface area contributed by atoms with Gasteiger partial charge in [0.15, 0.2) is 0 Å². The average molecular weight is 407 g/mol. The van der Waals surface area contributed by atoms with Crippen molar-refractivity contribution in [2.75, 3.05) is 24.5 Å². The Bertz CT molecular complexity index is 677. The number of nitrogens with zero attached hydrogens (tertiary/aromatic N) is 4. The minimum atomic E-state index is -0.0949. The summed E-state index contributed by atoms with van der Waals surface area (Å²) in [5, 5.41) is 10.0. The topological polar surface area (TPSA) is 89.1 Å². The summed E-state index contributed by atoms with van der Waals surface area (Å²) in [7, 11) is 1.91. The van der Waals surface area contributed by atoms with Gasteiger partial charge < -0.3 is 16.0 Å². The lowest BCUT2D eigenvalue weighted by atomic mass is 10.1. The van der Waals surface area contributed by atoms with Gasteiger partial charge in [-0.1, -0.05) is 0 Å². The summed E-state index contributed by atoms with van der Waals surface area (Å²) >= 11 is 1.49. The van der Waals surface area contributed by atoms with Gasteiger partial charge in [-0.3, -0.25) is 9.48 Å². The lowest BCUT2D eigenvalue weighted by Gasteiger charge is -2.33. The molecule has 1 aliphatic heterocycles. The third-order valence-electron chi connectivity index (χ3n) is 3.96. The van der Waals surface area contributed by atoms with E-state index in [1.807, 2.05) is 24.8 Å². The first-order valence-electron chi connectivity index (χ1n) is 7.84. The summed E-state index contributed by atoms with van der Waals surface area (Å²) in [6.45, 7) is 2.35. The first kappa shape index (κ1) is 21.7. The van der Waals surface area contributed by atoms with E-state index >= 15 is 0 Å². The fraction of sp³-hybridized carbons (Fsp3) is 0.533. The van der Waals surface area contributed by atoms with E-state index in [-0.39, 0.29) is 36.8 Å². The largest absolute Gasteiger partial charge is 0.367 e. The Morgan fingerprint density at radius 2 is 2.28 bits per heavy atom. The number of carbonyl (C=O) groups is 1. The zero-order valence-corrected chi connectivity index (χ0v) is 16.5. The van der Waals surface area contributed by atoms with Crippen LogP contribution in [0.5, 0.6) is 0 Å². The number of halogens is 2. The molecule has 0 bridgehead atoms. The number of rotatable bonds is 5. The molecule has 0 saturated carbocycles. The van der Waals surface area contributed by atoms with E-state index in [0.717, 1.165) is 43.0 Å². The number of aromatic nitrogens is 3. The summed E-state index contributed by atoms with van der Waals surface area (Å²) in [6, 6.07) is 0.135. The molecule has 2 aromatic rings. The van der Waals surface area contributed by atoms with Crippen molar-refractivity contribution in [1.29, 1.82) is 0 Å². The molecule has 1 atom stereocenters. The molecule has 0 aliphatic carbocycles. The third-order valence-corrected chi connectivity index (χ3v) is 4.86. The van der Waals surface area contributed by atoms with Gasteiger partial charge >= 0.3 is 0 Å². The second-order valence-corrected chi connectivity index (χ2v) is 6.74. The van der Waals surface area contributed by atoms with Gasteiger partial charge in [-0.2, -0.15) is 5.10 Å². The van der Waals surface area contributed by atoms with E-state index in [4.69, 9.17) is 5.73 Å². The SMILES string of the molecule is Cl.Cl.Cn1cc(N2CCCC(NC(=O)c3csc(CCN)n3)C2)cn1. The van der Waals surface area contributed by atoms with Gasteiger partial charge in [-0.25, -0.2) is 4.98 Å². The first-order valence-corrected chi connectivity index (χ1v) is 8.72. The number of nitrogens with one attached hydrogen (secondary N) is 1. The van der Waals surface area contributed by atoms with E-state index in [1.54, 1.807) is 4.68 Å². The maximum Gasteiger partial charge on any atom is 0.271 e. The molecule has 1 fully saturated rings. The predicted octanol–water partition coefficient (Wildman–Crippen LogP) is 1.62. The van der Waals surface area contributed by atoms with Crippen molar-refractivity contribution in [3.63, 3.8) is 0 Å². The monoisotopic (exact) mass is 406 g/mol. The first-order chi connectivity index (χ1) is 11.2. The van der Waals surface area contributed by atoms with Crippen LogP contribution in [0.2, 0.25) is 0 Å². The van der Waals surface area contributed by atoms with Gasteiger partial charge in [-0.15, -0.1) is 36.2 Å². The number of amides is 1. The van der Waals surface area contributed by atoms with E-state index in [2.05, 4.69) is 20.3 Å². The predicted molar refractivity (Wildman–Crippen MR) is 105 cm³/mol. The molecule has 3 N–H and O–H groups in total. The fourth-order valence-electron chi connectivity index (χ4n) is 2.81. The number of hydrogen-bond donors (Lipinski definition) is 2. The molecular formula is C15H24Cl2N6OS. The minimum absolute atomic E-state index is 0. The van der Waals surface area contributed by atoms with Crippen LogP contribution in [0.4, 0.5) is 5.69 Å². The zero-order valence-electron chi connectivity index (χ0n) is 14.1. The van der Waals surface area contributed by atoms with Gasteiger partial charge in [0.05, 0.1) is 16.9 Å². The summed E-state index contributed by atoms with van der Waals surface area (Å²) in [5.74, 6) is -0.0949. The van der Waals surface area contributed by atoms with Crippen LogP contribution in [0, 0.1) is 0 Å². The standard InChI is InChI=1S/C15H22N6OS.2ClH/c1-20-9-12(7-17-20)21-6-2-3-11(8-21)18-15(22)13-10-23-14(19-13)4-5-16;;/h7,9-11H,2-6,8,16H2,1H3,(H,18,22);2*1H. The molecule has 2 aromatic heterocycles. The summed E-state index contributed by atoms with van der Waals surface area (Å²) in [4.78, 5) is 19.0. The second kappa shape index (κ2) is 9.96. The normalized spacial score (nSPS) is 16.7. The highest BCUT2D eigenvalue weighted by Crippen LogP contribution is 2.19. The quantitative estimate of drug-likeness (QED) is 0.787. The highest BCUT2D eigenvalue weighted by atomic mass is 35.5. The van der Waals surface area contributed by atoms with Crippen LogP contribution in [0.15, 0.2) is 17.8 Å². The summed E-state index contributed by atoms with van der Waals surface area (Å²) < 4.78 is 1.80. The third kappa shape index (κ3) is 5.57. The van der Waals surface area contributed by atoms with Crippen molar-refractivity contribution < 1.29 is 4.79 Å². The lowest BCUT2D eigenvalue weighted by molar-refractivity contribution is 0.0928. The molecule has 1 amide bonds. The molecule has 7 nitrogen and oxygen atoms in total. The number of piperidine rings is 1.